The van der Waals surface area contributed by atoms with Gasteiger partial charge in [0.05, 0.1) is 5.69 Å². The number of anilines is 1. The first-order chi connectivity index (χ1) is 15.0. The standard InChI is InChI=1S/C17H24N4OS.C7H10O/c1-4-21(5-2)12-14-15(23-17(18-3)20-14)16(22)19-11-13-9-7-6-8-10-13;1-3-5-7(4-2)6-8/h6-10H,4-5,11-12H2,1-3H3,(H,18,20)(H,19,22);3-6H,1-2H3/b;5-3-,7-4+. The van der Waals surface area contributed by atoms with Crippen LogP contribution in [0.15, 0.2) is 54.1 Å². The Kier molecular flexibility index (Phi) is 12.8. The highest BCUT2D eigenvalue weighted by molar-refractivity contribution is 7.17. The van der Waals surface area contributed by atoms with Crippen molar-refractivity contribution in [2.24, 2.45) is 0 Å². The summed E-state index contributed by atoms with van der Waals surface area (Å²) in [5.41, 5.74) is 2.66. The van der Waals surface area contributed by atoms with Crippen molar-refractivity contribution >= 4 is 28.7 Å². The maximum atomic E-state index is 12.5. The Balaban J connectivity index is 0.000000512. The summed E-state index contributed by atoms with van der Waals surface area (Å²) in [5, 5.41) is 6.80. The van der Waals surface area contributed by atoms with Gasteiger partial charge in [0.15, 0.2) is 5.13 Å². The summed E-state index contributed by atoms with van der Waals surface area (Å²) in [7, 11) is 1.83. The van der Waals surface area contributed by atoms with E-state index in [4.69, 9.17) is 0 Å². The summed E-state index contributed by atoms with van der Waals surface area (Å²) in [4.78, 5) is 30.0. The van der Waals surface area contributed by atoms with Gasteiger partial charge in [0.25, 0.3) is 5.91 Å². The van der Waals surface area contributed by atoms with Crippen LogP contribution in [0.25, 0.3) is 0 Å². The molecule has 0 saturated heterocycles. The van der Waals surface area contributed by atoms with Gasteiger partial charge in [0, 0.05) is 25.7 Å². The fourth-order valence-corrected chi connectivity index (χ4v) is 3.50. The van der Waals surface area contributed by atoms with Gasteiger partial charge in [-0.1, -0.05) is 73.7 Å². The smallest absolute Gasteiger partial charge is 0.263 e. The number of carbonyl (C=O) groups is 2. The number of thiazole rings is 1. The third-order valence-electron chi connectivity index (χ3n) is 4.51. The molecule has 1 heterocycles. The van der Waals surface area contributed by atoms with Crippen molar-refractivity contribution in [2.45, 2.75) is 40.8 Å². The maximum Gasteiger partial charge on any atom is 0.263 e. The minimum absolute atomic E-state index is 0.0602. The van der Waals surface area contributed by atoms with E-state index in [2.05, 4.69) is 34.4 Å². The lowest BCUT2D eigenvalue weighted by molar-refractivity contribution is -0.104. The maximum absolute atomic E-state index is 12.5. The van der Waals surface area contributed by atoms with E-state index in [1.807, 2.05) is 57.3 Å². The molecule has 2 N–H and O–H groups in total. The summed E-state index contributed by atoms with van der Waals surface area (Å²) in [5.74, 6) is -0.0602. The van der Waals surface area contributed by atoms with Crippen LogP contribution in [-0.2, 0) is 17.9 Å². The number of nitrogens with zero attached hydrogens (tertiary/aromatic N) is 2. The molecule has 0 saturated carbocycles. The highest BCUT2D eigenvalue weighted by Gasteiger charge is 2.19. The molecule has 2 aromatic rings. The molecule has 2 rings (SSSR count). The van der Waals surface area contributed by atoms with E-state index in [9.17, 15) is 9.59 Å². The van der Waals surface area contributed by atoms with Crippen molar-refractivity contribution in [1.29, 1.82) is 0 Å². The first-order valence-electron chi connectivity index (χ1n) is 10.5. The SMILES string of the molecule is C/C=C\C(C=O)=C/C.CCN(CC)Cc1nc(NC)sc1C(=O)NCc1ccccc1. The lowest BCUT2D eigenvalue weighted by Gasteiger charge is -2.17. The van der Waals surface area contributed by atoms with Crippen LogP contribution in [0.1, 0.15) is 48.6 Å². The van der Waals surface area contributed by atoms with Crippen LogP contribution >= 0.6 is 11.3 Å². The molecule has 1 amide bonds. The fourth-order valence-electron chi connectivity index (χ4n) is 2.66. The molecule has 7 heteroatoms. The second kappa shape index (κ2) is 15.1. The van der Waals surface area contributed by atoms with E-state index in [0.717, 1.165) is 41.3 Å². The molecule has 0 unspecified atom stereocenters. The topological polar surface area (TPSA) is 74.3 Å². The van der Waals surface area contributed by atoms with Crippen LogP contribution in [-0.4, -0.2) is 42.2 Å². The van der Waals surface area contributed by atoms with Gasteiger partial charge in [-0.2, -0.15) is 0 Å². The molecule has 0 aliphatic carbocycles. The molecule has 31 heavy (non-hydrogen) atoms. The molecule has 0 aliphatic heterocycles. The Morgan fingerprint density at radius 3 is 2.32 bits per heavy atom. The number of hydrogen-bond donors (Lipinski definition) is 2. The lowest BCUT2D eigenvalue weighted by atomic mass is 10.2. The number of amides is 1. The number of carbonyl (C=O) groups excluding carboxylic acids is 2. The van der Waals surface area contributed by atoms with Gasteiger partial charge in [0.2, 0.25) is 0 Å². The molecule has 0 aliphatic rings. The van der Waals surface area contributed by atoms with E-state index >= 15 is 0 Å². The number of aldehydes is 1. The largest absolute Gasteiger partial charge is 0.365 e. The zero-order chi connectivity index (χ0) is 23.1. The zero-order valence-corrected chi connectivity index (χ0v) is 20.0. The molecule has 0 atom stereocenters. The van der Waals surface area contributed by atoms with Crippen molar-refractivity contribution in [2.75, 3.05) is 25.5 Å². The Hall–Kier alpha value is -2.77. The Morgan fingerprint density at radius 2 is 1.84 bits per heavy atom. The van der Waals surface area contributed by atoms with E-state index in [1.54, 1.807) is 12.2 Å². The third-order valence-corrected chi connectivity index (χ3v) is 5.62. The van der Waals surface area contributed by atoms with Crippen LogP contribution in [0.3, 0.4) is 0 Å². The van der Waals surface area contributed by atoms with Gasteiger partial charge >= 0.3 is 0 Å². The summed E-state index contributed by atoms with van der Waals surface area (Å²) < 4.78 is 0. The summed E-state index contributed by atoms with van der Waals surface area (Å²) in [6.45, 7) is 11.0. The molecule has 168 valence electrons. The molecular weight excluding hydrogens is 408 g/mol. The number of aromatic nitrogens is 1. The second-order valence-electron chi connectivity index (χ2n) is 6.58. The fraction of sp³-hybridized carbons (Fsp3) is 0.375. The quantitative estimate of drug-likeness (QED) is 0.318. The molecular formula is C24H34N4O2S. The monoisotopic (exact) mass is 442 g/mol. The van der Waals surface area contributed by atoms with Gasteiger partial charge in [0.1, 0.15) is 11.2 Å². The van der Waals surface area contributed by atoms with Crippen LogP contribution < -0.4 is 10.6 Å². The molecule has 0 fully saturated rings. The number of benzene rings is 1. The summed E-state index contributed by atoms with van der Waals surface area (Å²) in [6, 6.07) is 9.92. The summed E-state index contributed by atoms with van der Waals surface area (Å²) >= 11 is 1.40. The molecule has 1 aromatic heterocycles. The van der Waals surface area contributed by atoms with Gasteiger partial charge in [-0.25, -0.2) is 4.98 Å². The minimum atomic E-state index is -0.0602. The number of allylic oxidation sites excluding steroid dienone is 4. The van der Waals surface area contributed by atoms with Gasteiger partial charge in [-0.3, -0.25) is 14.5 Å². The number of hydrogen-bond acceptors (Lipinski definition) is 6. The summed E-state index contributed by atoms with van der Waals surface area (Å²) in [6.07, 6.45) is 6.21. The average molecular weight is 443 g/mol. The van der Waals surface area contributed by atoms with Gasteiger partial charge < -0.3 is 10.6 Å². The van der Waals surface area contributed by atoms with Crippen LogP contribution in [0.2, 0.25) is 0 Å². The van der Waals surface area contributed by atoms with Gasteiger partial charge in [-0.05, 0) is 32.5 Å². The number of rotatable bonds is 10. The van der Waals surface area contributed by atoms with Crippen LogP contribution in [0.4, 0.5) is 5.13 Å². The van der Waals surface area contributed by atoms with E-state index in [-0.39, 0.29) is 5.91 Å². The van der Waals surface area contributed by atoms with Crippen LogP contribution in [0.5, 0.6) is 0 Å². The lowest BCUT2D eigenvalue weighted by Crippen LogP contribution is -2.26. The van der Waals surface area contributed by atoms with Crippen molar-refractivity contribution in [1.82, 2.24) is 15.2 Å². The highest BCUT2D eigenvalue weighted by Crippen LogP contribution is 2.24. The molecule has 0 spiro atoms. The minimum Gasteiger partial charge on any atom is -0.365 e. The van der Waals surface area contributed by atoms with Gasteiger partial charge in [-0.15, -0.1) is 0 Å². The first kappa shape index (κ1) is 26.3. The predicted molar refractivity (Wildman–Crippen MR) is 131 cm³/mol. The molecule has 1 aromatic carbocycles. The van der Waals surface area contributed by atoms with Crippen LogP contribution in [0, 0.1) is 0 Å². The number of nitrogens with one attached hydrogen (secondary N) is 2. The molecule has 0 bridgehead atoms. The Bertz CT molecular complexity index is 856. The molecule has 6 nitrogen and oxygen atoms in total. The second-order valence-corrected chi connectivity index (χ2v) is 7.58. The van der Waals surface area contributed by atoms with Crippen molar-refractivity contribution in [3.63, 3.8) is 0 Å². The third kappa shape index (κ3) is 9.27. The van der Waals surface area contributed by atoms with E-state index < -0.39 is 0 Å². The van der Waals surface area contributed by atoms with E-state index in [0.29, 0.717) is 18.0 Å². The normalized spacial score (nSPS) is 11.2. The molecule has 0 radical (unpaired) electrons. The predicted octanol–water partition coefficient (Wildman–Crippen LogP) is 4.66. The average Bonchev–Trinajstić information content (AvgIpc) is 3.23. The van der Waals surface area contributed by atoms with E-state index in [1.165, 1.54) is 11.3 Å². The zero-order valence-electron chi connectivity index (χ0n) is 19.1. The Morgan fingerprint density at radius 1 is 1.16 bits per heavy atom. The van der Waals surface area contributed by atoms with Crippen molar-refractivity contribution < 1.29 is 9.59 Å². The van der Waals surface area contributed by atoms with Crippen molar-refractivity contribution in [3.8, 4) is 0 Å². The highest BCUT2D eigenvalue weighted by atomic mass is 32.1. The first-order valence-corrected chi connectivity index (χ1v) is 11.3. The Labute approximate surface area is 190 Å². The van der Waals surface area contributed by atoms with Crippen molar-refractivity contribution in [3.05, 3.63) is 70.3 Å².